The zero-order chi connectivity index (χ0) is 20.7. The minimum atomic E-state index is -0.0665. The molecule has 0 bridgehead atoms. The van der Waals surface area contributed by atoms with Crippen LogP contribution in [0.2, 0.25) is 0 Å². The van der Waals surface area contributed by atoms with Crippen LogP contribution in [0.1, 0.15) is 16.8 Å². The van der Waals surface area contributed by atoms with E-state index < -0.39 is 0 Å². The van der Waals surface area contributed by atoms with Crippen molar-refractivity contribution in [1.82, 2.24) is 24.4 Å². The number of H-pyrrole nitrogens is 1. The molecule has 4 heterocycles. The Morgan fingerprint density at radius 1 is 1.27 bits per heavy atom. The van der Waals surface area contributed by atoms with Crippen LogP contribution in [-0.4, -0.2) is 38.1 Å². The summed E-state index contributed by atoms with van der Waals surface area (Å²) in [7, 11) is 3.74. The summed E-state index contributed by atoms with van der Waals surface area (Å²) in [6.45, 7) is 2.22. The van der Waals surface area contributed by atoms with Gasteiger partial charge in [0.25, 0.3) is 5.56 Å². The van der Waals surface area contributed by atoms with Crippen molar-refractivity contribution in [1.29, 1.82) is 0 Å². The molecule has 4 aromatic rings. The van der Waals surface area contributed by atoms with E-state index >= 15 is 0 Å². The number of aromatic amines is 1. The van der Waals surface area contributed by atoms with Crippen molar-refractivity contribution in [3.8, 4) is 17.1 Å². The van der Waals surface area contributed by atoms with E-state index in [1.807, 2.05) is 18.2 Å². The monoisotopic (exact) mass is 401 g/mol. The lowest BCUT2D eigenvalue weighted by Crippen LogP contribution is -2.35. The van der Waals surface area contributed by atoms with Crippen LogP contribution in [0.4, 0.5) is 0 Å². The van der Waals surface area contributed by atoms with E-state index in [1.54, 1.807) is 19.5 Å². The van der Waals surface area contributed by atoms with Gasteiger partial charge in [0.15, 0.2) is 0 Å². The molecule has 3 aromatic heterocycles. The Morgan fingerprint density at radius 3 is 2.97 bits per heavy atom. The molecule has 152 valence electrons. The number of aryl methyl sites for hydroxylation is 1. The highest BCUT2D eigenvalue weighted by Crippen LogP contribution is 2.27. The summed E-state index contributed by atoms with van der Waals surface area (Å²) in [5.41, 5.74) is 4.79. The molecule has 30 heavy (non-hydrogen) atoms. The molecule has 0 unspecified atom stereocenters. The Balaban J connectivity index is 1.43. The van der Waals surface area contributed by atoms with E-state index in [9.17, 15) is 4.79 Å². The lowest BCUT2D eigenvalue weighted by atomic mass is 10.1. The van der Waals surface area contributed by atoms with Gasteiger partial charge in [0.05, 0.1) is 18.4 Å². The zero-order valence-corrected chi connectivity index (χ0v) is 17.1. The molecular formula is C23H23N5O2. The Morgan fingerprint density at radius 2 is 2.17 bits per heavy atom. The summed E-state index contributed by atoms with van der Waals surface area (Å²) >= 11 is 0. The summed E-state index contributed by atoms with van der Waals surface area (Å²) < 4.78 is 7.54. The number of benzene rings is 1. The quantitative estimate of drug-likeness (QED) is 0.569. The highest BCUT2D eigenvalue weighted by Gasteiger charge is 2.22. The van der Waals surface area contributed by atoms with Crippen molar-refractivity contribution in [2.75, 3.05) is 13.7 Å². The van der Waals surface area contributed by atoms with Crippen molar-refractivity contribution in [2.24, 2.45) is 7.05 Å². The normalized spacial score (nSPS) is 14.1. The standard InChI is InChI=1S/C23H23N5O2/c1-27-12-16(18-10-17(30-2)5-6-21(18)27)13-28-9-7-20-19(14-28)23(29)26-22(25-20)15-4-3-8-24-11-15/h3-6,8,10-12H,7,9,13-14H2,1-2H3,(H,25,26,29). The molecule has 1 aliphatic rings. The van der Waals surface area contributed by atoms with Gasteiger partial charge in [0.1, 0.15) is 11.6 Å². The summed E-state index contributed by atoms with van der Waals surface area (Å²) in [5, 5.41) is 1.18. The third-order valence-corrected chi connectivity index (χ3v) is 5.76. The Bertz CT molecular complexity index is 1280. The van der Waals surface area contributed by atoms with Gasteiger partial charge in [-0.2, -0.15) is 0 Å². The topological polar surface area (TPSA) is 76.0 Å². The van der Waals surface area contributed by atoms with Crippen LogP contribution in [0.3, 0.4) is 0 Å². The fourth-order valence-corrected chi connectivity index (χ4v) is 4.20. The number of rotatable bonds is 4. The van der Waals surface area contributed by atoms with Gasteiger partial charge in [0.2, 0.25) is 0 Å². The van der Waals surface area contributed by atoms with Gasteiger partial charge in [-0.05, 0) is 35.9 Å². The minimum Gasteiger partial charge on any atom is -0.497 e. The molecule has 0 fully saturated rings. The molecule has 7 heteroatoms. The number of nitrogens with zero attached hydrogens (tertiary/aromatic N) is 4. The summed E-state index contributed by atoms with van der Waals surface area (Å²) in [6.07, 6.45) is 6.34. The molecule has 1 aliphatic heterocycles. The predicted octanol–water partition coefficient (Wildman–Crippen LogP) is 2.89. The van der Waals surface area contributed by atoms with Crippen LogP contribution in [0, 0.1) is 0 Å². The van der Waals surface area contributed by atoms with Crippen LogP contribution < -0.4 is 10.3 Å². The lowest BCUT2D eigenvalue weighted by Gasteiger charge is -2.27. The second kappa shape index (κ2) is 7.42. The largest absolute Gasteiger partial charge is 0.497 e. The molecule has 0 aliphatic carbocycles. The van der Waals surface area contributed by atoms with E-state index in [2.05, 4.69) is 44.8 Å². The highest BCUT2D eigenvalue weighted by atomic mass is 16.5. The first kappa shape index (κ1) is 18.6. The van der Waals surface area contributed by atoms with E-state index in [0.717, 1.165) is 42.1 Å². The number of nitrogens with one attached hydrogen (secondary N) is 1. The van der Waals surface area contributed by atoms with Gasteiger partial charge < -0.3 is 14.3 Å². The van der Waals surface area contributed by atoms with Crippen molar-refractivity contribution in [3.05, 3.63) is 76.1 Å². The van der Waals surface area contributed by atoms with E-state index in [0.29, 0.717) is 12.4 Å². The van der Waals surface area contributed by atoms with Gasteiger partial charge in [0, 0.05) is 68.2 Å². The number of methoxy groups -OCH3 is 1. The van der Waals surface area contributed by atoms with Gasteiger partial charge in [-0.15, -0.1) is 0 Å². The zero-order valence-electron chi connectivity index (χ0n) is 17.1. The third kappa shape index (κ3) is 3.27. The second-order valence-corrected chi connectivity index (χ2v) is 7.69. The van der Waals surface area contributed by atoms with Gasteiger partial charge in [-0.3, -0.25) is 14.7 Å². The van der Waals surface area contributed by atoms with Gasteiger partial charge in [-0.25, -0.2) is 4.98 Å². The van der Waals surface area contributed by atoms with Gasteiger partial charge in [-0.1, -0.05) is 0 Å². The van der Waals surface area contributed by atoms with Crippen molar-refractivity contribution >= 4 is 10.9 Å². The molecular weight excluding hydrogens is 378 g/mol. The lowest BCUT2D eigenvalue weighted by molar-refractivity contribution is 0.242. The molecule has 0 amide bonds. The van der Waals surface area contributed by atoms with E-state index in [1.165, 1.54) is 16.5 Å². The molecule has 0 saturated carbocycles. The van der Waals surface area contributed by atoms with Crippen molar-refractivity contribution < 1.29 is 4.74 Å². The fourth-order valence-electron chi connectivity index (χ4n) is 4.20. The van der Waals surface area contributed by atoms with E-state index in [4.69, 9.17) is 9.72 Å². The van der Waals surface area contributed by atoms with Gasteiger partial charge >= 0.3 is 0 Å². The van der Waals surface area contributed by atoms with Crippen LogP contribution in [0.15, 0.2) is 53.7 Å². The summed E-state index contributed by atoms with van der Waals surface area (Å²) in [4.78, 5) is 26.9. The Kier molecular flexibility index (Phi) is 4.59. The Hall–Kier alpha value is -3.45. The predicted molar refractivity (Wildman–Crippen MR) is 115 cm³/mol. The van der Waals surface area contributed by atoms with Crippen LogP contribution in [0.25, 0.3) is 22.3 Å². The fraction of sp³-hybridized carbons (Fsp3) is 0.261. The van der Waals surface area contributed by atoms with Crippen LogP contribution in [0.5, 0.6) is 5.75 Å². The van der Waals surface area contributed by atoms with Crippen LogP contribution >= 0.6 is 0 Å². The molecule has 0 atom stereocenters. The number of pyridine rings is 1. The highest BCUT2D eigenvalue weighted by molar-refractivity contribution is 5.85. The maximum absolute atomic E-state index is 12.8. The number of ether oxygens (including phenoxy) is 1. The Labute approximate surface area is 174 Å². The molecule has 1 N–H and O–H groups in total. The number of hydrogen-bond acceptors (Lipinski definition) is 5. The number of hydrogen-bond donors (Lipinski definition) is 1. The number of fused-ring (bicyclic) bond motifs is 2. The molecule has 5 rings (SSSR count). The van der Waals surface area contributed by atoms with Crippen LogP contribution in [-0.2, 0) is 26.6 Å². The summed E-state index contributed by atoms with van der Waals surface area (Å²) in [6, 6.07) is 9.89. The maximum atomic E-state index is 12.8. The second-order valence-electron chi connectivity index (χ2n) is 7.69. The molecule has 7 nitrogen and oxygen atoms in total. The minimum absolute atomic E-state index is 0.0665. The first-order valence-electron chi connectivity index (χ1n) is 9.99. The number of aromatic nitrogens is 4. The molecule has 0 saturated heterocycles. The molecule has 0 spiro atoms. The van der Waals surface area contributed by atoms with E-state index in [-0.39, 0.29) is 5.56 Å². The molecule has 0 radical (unpaired) electrons. The summed E-state index contributed by atoms with van der Waals surface area (Å²) in [5.74, 6) is 1.43. The van der Waals surface area contributed by atoms with Crippen molar-refractivity contribution in [2.45, 2.75) is 19.5 Å². The average Bonchev–Trinajstić information content (AvgIpc) is 3.09. The SMILES string of the molecule is COc1ccc2c(c1)c(CN1CCc3nc(-c4cccnc4)[nH]c(=O)c3C1)cn2C. The third-order valence-electron chi connectivity index (χ3n) is 5.76. The molecule has 1 aromatic carbocycles. The first-order valence-corrected chi connectivity index (χ1v) is 9.99. The maximum Gasteiger partial charge on any atom is 0.255 e. The smallest absolute Gasteiger partial charge is 0.255 e. The van der Waals surface area contributed by atoms with Crippen molar-refractivity contribution in [3.63, 3.8) is 0 Å². The first-order chi connectivity index (χ1) is 14.6. The average molecular weight is 401 g/mol.